The Kier molecular flexibility index (Phi) is 12.4. The third-order valence-corrected chi connectivity index (χ3v) is 10.1. The molecule has 0 aliphatic carbocycles. The predicted octanol–water partition coefficient (Wildman–Crippen LogP) is 2.16. The number of hydrogen-bond donors (Lipinski definition) is 4. The highest BCUT2D eigenvalue weighted by Crippen LogP contribution is 2.26. The number of hydrogen-bond acceptors (Lipinski definition) is 8. The van der Waals surface area contributed by atoms with Crippen molar-refractivity contribution in [1.82, 2.24) is 25.4 Å². The summed E-state index contributed by atoms with van der Waals surface area (Å²) in [6, 6.07) is 13.0. The van der Waals surface area contributed by atoms with E-state index in [0.717, 1.165) is 22.0 Å². The number of likely N-dealkylation sites (tertiary alicyclic amines) is 2. The number of nitrogens with two attached hydrogens (primary N) is 1. The summed E-state index contributed by atoms with van der Waals surface area (Å²) in [6.45, 7) is 0.789. The normalized spacial score (nSPS) is 19.3. The van der Waals surface area contributed by atoms with E-state index < -0.39 is 48.0 Å². The smallest absolute Gasteiger partial charge is 0.328 e. The molecule has 12 nitrogen and oxygen atoms in total. The Bertz CT molecular complexity index is 1630. The SMILES string of the molecule is COC(=O)C(CCSC)NC(=O)C(Cc1c[nH]c2ccccc12)NC(=O)C1CCCN1C(=O)C1CCCN1C(=O)C(N)Cc1ccccc1. The largest absolute Gasteiger partial charge is 0.467 e. The lowest BCUT2D eigenvalue weighted by atomic mass is 10.0. The van der Waals surface area contributed by atoms with Gasteiger partial charge in [-0.05, 0) is 67.7 Å². The van der Waals surface area contributed by atoms with Crippen LogP contribution in [0.3, 0.4) is 0 Å². The third-order valence-electron chi connectivity index (χ3n) is 9.42. The van der Waals surface area contributed by atoms with Crippen molar-refractivity contribution in [1.29, 1.82) is 0 Å². The number of benzene rings is 2. The van der Waals surface area contributed by atoms with Gasteiger partial charge in [-0.15, -0.1) is 0 Å². The van der Waals surface area contributed by atoms with E-state index in [4.69, 9.17) is 10.5 Å². The Hall–Kier alpha value is -4.36. The van der Waals surface area contributed by atoms with E-state index in [-0.39, 0.29) is 18.2 Å². The molecule has 0 saturated carbocycles. The molecule has 1 aromatic heterocycles. The summed E-state index contributed by atoms with van der Waals surface area (Å²) in [7, 11) is 1.27. The predicted molar refractivity (Wildman–Crippen MR) is 188 cm³/mol. The molecule has 3 aromatic rings. The van der Waals surface area contributed by atoms with Crippen LogP contribution < -0.4 is 16.4 Å². The molecule has 2 aromatic carbocycles. The fourth-order valence-electron chi connectivity index (χ4n) is 6.85. The number of thioether (sulfide) groups is 1. The maximum absolute atomic E-state index is 14.0. The molecule has 2 saturated heterocycles. The van der Waals surface area contributed by atoms with Crippen molar-refractivity contribution in [2.24, 2.45) is 5.73 Å². The van der Waals surface area contributed by atoms with Crippen LogP contribution in [0.2, 0.25) is 0 Å². The summed E-state index contributed by atoms with van der Waals surface area (Å²) in [6.07, 6.45) is 6.78. The number of aromatic amines is 1. The molecule has 13 heteroatoms. The average Bonchev–Trinajstić information content (AvgIpc) is 3.90. The van der Waals surface area contributed by atoms with Gasteiger partial charge in [0.25, 0.3) is 0 Å². The summed E-state index contributed by atoms with van der Waals surface area (Å²) in [5.41, 5.74) is 8.98. The average molecular weight is 691 g/mol. The highest BCUT2D eigenvalue weighted by atomic mass is 32.2. The molecule has 0 bridgehead atoms. The summed E-state index contributed by atoms with van der Waals surface area (Å²) in [5.74, 6) is -1.48. The number of rotatable bonds is 14. The van der Waals surface area contributed by atoms with Crippen LogP contribution in [0, 0.1) is 0 Å². The number of esters is 1. The lowest BCUT2D eigenvalue weighted by molar-refractivity contribution is -0.147. The fourth-order valence-corrected chi connectivity index (χ4v) is 7.32. The van der Waals surface area contributed by atoms with Gasteiger partial charge in [0.2, 0.25) is 23.6 Å². The first-order valence-corrected chi connectivity index (χ1v) is 18.2. The molecule has 0 spiro atoms. The Morgan fingerprint density at radius 2 is 1.61 bits per heavy atom. The van der Waals surface area contributed by atoms with E-state index in [2.05, 4.69) is 15.6 Å². The molecule has 5 atom stereocenters. The first-order chi connectivity index (χ1) is 23.7. The monoisotopic (exact) mass is 690 g/mol. The second-order valence-electron chi connectivity index (χ2n) is 12.7. The molecular formula is C36H46N6O6S. The lowest BCUT2D eigenvalue weighted by Gasteiger charge is -2.32. The summed E-state index contributed by atoms with van der Waals surface area (Å²) < 4.78 is 4.94. The lowest BCUT2D eigenvalue weighted by Crippen LogP contribution is -2.58. The number of aromatic nitrogens is 1. The standard InChI is InChI=1S/C36H46N6O6S/c1-48-36(47)28(16-19-49-2)39-32(43)29(21-24-22-38-27-13-7-6-12-25(24)27)40-33(44)30-14-8-17-41(30)35(46)31-15-9-18-42(31)34(45)26(37)20-23-10-4-3-5-11-23/h3-7,10-13,22,26,28-31,38H,8-9,14-21,37H2,1-2H3,(H,39,43)(H,40,44). The quantitative estimate of drug-likeness (QED) is 0.187. The maximum atomic E-state index is 14.0. The van der Waals surface area contributed by atoms with Gasteiger partial charge in [0.05, 0.1) is 13.2 Å². The number of methoxy groups -OCH3 is 1. The van der Waals surface area contributed by atoms with Crippen molar-refractivity contribution in [3.63, 3.8) is 0 Å². The molecule has 4 amide bonds. The third kappa shape index (κ3) is 8.63. The minimum atomic E-state index is -1.04. The number of ether oxygens (including phenoxy) is 1. The molecule has 5 rings (SSSR count). The van der Waals surface area contributed by atoms with E-state index in [0.29, 0.717) is 57.4 Å². The Morgan fingerprint density at radius 3 is 2.35 bits per heavy atom. The van der Waals surface area contributed by atoms with Crippen LogP contribution in [0.1, 0.15) is 43.2 Å². The van der Waals surface area contributed by atoms with Crippen molar-refractivity contribution < 1.29 is 28.7 Å². The summed E-state index contributed by atoms with van der Waals surface area (Å²) >= 11 is 1.54. The van der Waals surface area contributed by atoms with E-state index >= 15 is 0 Å². The number of nitrogens with one attached hydrogen (secondary N) is 3. The molecule has 2 aliphatic rings. The number of fused-ring (bicyclic) bond motifs is 1. The van der Waals surface area contributed by atoms with Gasteiger partial charge in [-0.2, -0.15) is 11.8 Å². The zero-order valence-corrected chi connectivity index (χ0v) is 28.9. The summed E-state index contributed by atoms with van der Waals surface area (Å²) in [4.78, 5) is 74.1. The number of para-hydroxylation sites is 1. The van der Waals surface area contributed by atoms with E-state index in [9.17, 15) is 24.0 Å². The first kappa shape index (κ1) is 35.9. The second kappa shape index (κ2) is 16.8. The van der Waals surface area contributed by atoms with Crippen LogP contribution in [0.15, 0.2) is 60.8 Å². The molecule has 3 heterocycles. The van der Waals surface area contributed by atoms with Gasteiger partial charge >= 0.3 is 5.97 Å². The van der Waals surface area contributed by atoms with Crippen molar-refractivity contribution in [2.45, 2.75) is 75.2 Å². The van der Waals surface area contributed by atoms with Gasteiger partial charge in [0, 0.05) is 36.6 Å². The van der Waals surface area contributed by atoms with Crippen LogP contribution in [0.25, 0.3) is 10.9 Å². The molecule has 49 heavy (non-hydrogen) atoms. The molecular weight excluding hydrogens is 644 g/mol. The van der Waals surface area contributed by atoms with Crippen LogP contribution in [-0.2, 0) is 41.6 Å². The summed E-state index contributed by atoms with van der Waals surface area (Å²) in [5, 5.41) is 6.63. The van der Waals surface area contributed by atoms with Gasteiger partial charge in [-0.1, -0.05) is 48.5 Å². The zero-order valence-electron chi connectivity index (χ0n) is 28.1. The van der Waals surface area contributed by atoms with Crippen molar-refractivity contribution in [2.75, 3.05) is 32.2 Å². The van der Waals surface area contributed by atoms with Crippen LogP contribution >= 0.6 is 11.8 Å². The Labute approximate surface area is 290 Å². The van der Waals surface area contributed by atoms with Gasteiger partial charge < -0.3 is 35.9 Å². The number of carbonyl (C=O) groups excluding carboxylic acids is 5. The van der Waals surface area contributed by atoms with Crippen LogP contribution in [0.5, 0.6) is 0 Å². The number of nitrogens with zero attached hydrogens (tertiary/aromatic N) is 2. The maximum Gasteiger partial charge on any atom is 0.328 e. The van der Waals surface area contributed by atoms with Gasteiger partial charge in [-0.25, -0.2) is 4.79 Å². The number of carbonyl (C=O) groups is 5. The van der Waals surface area contributed by atoms with Gasteiger partial charge in [-0.3, -0.25) is 19.2 Å². The Balaban J connectivity index is 1.31. The van der Waals surface area contributed by atoms with Gasteiger partial charge in [0.1, 0.15) is 24.2 Å². The number of H-pyrrole nitrogens is 1. The minimum absolute atomic E-state index is 0.156. The fraction of sp³-hybridized carbons (Fsp3) is 0.472. The molecule has 262 valence electrons. The zero-order chi connectivity index (χ0) is 34.9. The van der Waals surface area contributed by atoms with Crippen molar-refractivity contribution >= 4 is 52.3 Å². The molecule has 2 fully saturated rings. The molecule has 5 N–H and O–H groups in total. The Morgan fingerprint density at radius 1 is 0.918 bits per heavy atom. The molecule has 0 radical (unpaired) electrons. The minimum Gasteiger partial charge on any atom is -0.467 e. The van der Waals surface area contributed by atoms with Crippen LogP contribution in [-0.4, -0.2) is 107 Å². The second-order valence-corrected chi connectivity index (χ2v) is 13.7. The van der Waals surface area contributed by atoms with E-state index in [1.165, 1.54) is 7.11 Å². The molecule has 2 aliphatic heterocycles. The highest BCUT2D eigenvalue weighted by molar-refractivity contribution is 7.98. The van der Waals surface area contributed by atoms with E-state index in [1.807, 2.05) is 67.0 Å². The number of amides is 4. The molecule has 5 unspecified atom stereocenters. The van der Waals surface area contributed by atoms with Crippen molar-refractivity contribution in [3.8, 4) is 0 Å². The van der Waals surface area contributed by atoms with E-state index in [1.54, 1.807) is 21.6 Å². The van der Waals surface area contributed by atoms with Gasteiger partial charge in [0.15, 0.2) is 0 Å². The van der Waals surface area contributed by atoms with Crippen LogP contribution in [0.4, 0.5) is 0 Å². The highest BCUT2D eigenvalue weighted by Gasteiger charge is 2.43. The topological polar surface area (TPSA) is 167 Å². The van der Waals surface area contributed by atoms with Crippen molar-refractivity contribution in [3.05, 3.63) is 71.9 Å². The first-order valence-electron chi connectivity index (χ1n) is 16.8.